The van der Waals surface area contributed by atoms with E-state index in [0.717, 1.165) is 45.9 Å². The predicted molar refractivity (Wildman–Crippen MR) is 130 cm³/mol. The van der Waals surface area contributed by atoms with Gasteiger partial charge in [-0.05, 0) is 25.0 Å². The Morgan fingerprint density at radius 2 is 1.85 bits per heavy atom. The van der Waals surface area contributed by atoms with E-state index in [1.165, 1.54) is 12.8 Å². The summed E-state index contributed by atoms with van der Waals surface area (Å²) < 4.78 is 5.43. The molecule has 1 saturated carbocycles. The van der Waals surface area contributed by atoms with Gasteiger partial charge in [-0.25, -0.2) is 14.8 Å². The quantitative estimate of drug-likeness (QED) is 0.444. The summed E-state index contributed by atoms with van der Waals surface area (Å²) >= 11 is 0. The maximum absolute atomic E-state index is 12.9. The summed E-state index contributed by atoms with van der Waals surface area (Å²) in [7, 11) is 3.72. The maximum atomic E-state index is 12.9. The Morgan fingerprint density at radius 1 is 1.00 bits per heavy atom. The lowest BCUT2D eigenvalue weighted by Gasteiger charge is -2.12. The Hall–Kier alpha value is -3.94. The minimum Gasteiger partial charge on any atom is -0.325 e. The number of aryl methyl sites for hydroxylation is 2. The zero-order chi connectivity index (χ0) is 22.5. The molecular formula is C25H25N7O. The molecule has 0 bridgehead atoms. The molecule has 33 heavy (non-hydrogen) atoms. The Kier molecular flexibility index (Phi) is 4.53. The van der Waals surface area contributed by atoms with Gasteiger partial charge >= 0.3 is 5.69 Å². The van der Waals surface area contributed by atoms with E-state index in [1.54, 1.807) is 15.4 Å². The molecule has 1 aliphatic rings. The molecule has 1 aromatic carbocycles. The number of aromatic nitrogens is 6. The first-order valence-corrected chi connectivity index (χ1v) is 11.3. The fourth-order valence-corrected chi connectivity index (χ4v) is 4.98. The number of fused-ring (bicyclic) bond motifs is 2. The maximum Gasteiger partial charge on any atom is 0.329 e. The number of nitrogens with one attached hydrogen (secondary N) is 1. The van der Waals surface area contributed by atoms with E-state index in [-0.39, 0.29) is 11.7 Å². The van der Waals surface area contributed by atoms with Gasteiger partial charge in [0.2, 0.25) is 0 Å². The average Bonchev–Trinajstić information content (AvgIpc) is 3.55. The summed E-state index contributed by atoms with van der Waals surface area (Å²) in [5.41, 5.74) is 4.76. The number of rotatable bonds is 4. The van der Waals surface area contributed by atoms with E-state index in [0.29, 0.717) is 11.6 Å². The molecular weight excluding hydrogens is 414 g/mol. The molecule has 1 N–H and O–H groups in total. The number of hydrogen-bond donors (Lipinski definition) is 1. The van der Waals surface area contributed by atoms with Crippen LogP contribution in [0.25, 0.3) is 33.1 Å². The molecule has 0 saturated heterocycles. The standard InChI is InChI=1S/C25H25N7O/c1-30-15-17(13-27-30)19-9-5-6-16-10-11-22(29-24(16)19)28-23-12-20-21(14-26-23)31(2)25(33)32(20)18-7-3-4-8-18/h5-6,9-15,18H,3-4,7-8H2,1-2H3,(H,26,28,29). The summed E-state index contributed by atoms with van der Waals surface area (Å²) in [6.45, 7) is 0. The van der Waals surface area contributed by atoms with Crippen LogP contribution >= 0.6 is 0 Å². The van der Waals surface area contributed by atoms with Crippen LogP contribution in [-0.2, 0) is 14.1 Å². The smallest absolute Gasteiger partial charge is 0.325 e. The van der Waals surface area contributed by atoms with Gasteiger partial charge in [-0.1, -0.05) is 31.0 Å². The Bertz CT molecular complexity index is 1550. The van der Waals surface area contributed by atoms with Crippen molar-refractivity contribution in [1.82, 2.24) is 28.9 Å². The molecule has 5 aromatic rings. The lowest BCUT2D eigenvalue weighted by molar-refractivity contribution is 0.509. The fourth-order valence-electron chi connectivity index (χ4n) is 4.98. The minimum atomic E-state index is 0.0285. The van der Waals surface area contributed by atoms with Crippen molar-refractivity contribution in [1.29, 1.82) is 0 Å². The summed E-state index contributed by atoms with van der Waals surface area (Å²) in [6.07, 6.45) is 10.1. The Labute approximate surface area is 190 Å². The van der Waals surface area contributed by atoms with Crippen molar-refractivity contribution in [2.24, 2.45) is 14.1 Å². The summed E-state index contributed by atoms with van der Waals surface area (Å²) in [5, 5.41) is 8.71. The van der Waals surface area contributed by atoms with Gasteiger partial charge in [0.15, 0.2) is 0 Å². The number of benzene rings is 1. The highest BCUT2D eigenvalue weighted by Crippen LogP contribution is 2.32. The van der Waals surface area contributed by atoms with Crippen molar-refractivity contribution in [3.05, 3.63) is 65.5 Å². The first-order valence-electron chi connectivity index (χ1n) is 11.3. The molecule has 1 aliphatic carbocycles. The minimum absolute atomic E-state index is 0.0285. The second-order valence-electron chi connectivity index (χ2n) is 8.81. The predicted octanol–water partition coefficient (Wildman–Crippen LogP) is 4.54. The molecule has 166 valence electrons. The van der Waals surface area contributed by atoms with E-state index in [4.69, 9.17) is 4.98 Å². The SMILES string of the molecule is Cn1cc(-c2cccc3ccc(Nc4cc5c(cn4)n(C)c(=O)n5C4CCCC4)nc23)cn1. The van der Waals surface area contributed by atoms with Gasteiger partial charge in [-0.15, -0.1) is 0 Å². The highest BCUT2D eigenvalue weighted by Gasteiger charge is 2.23. The fraction of sp³-hybridized carbons (Fsp3) is 0.280. The van der Waals surface area contributed by atoms with Crippen molar-refractivity contribution in [2.75, 3.05) is 5.32 Å². The molecule has 0 unspecified atom stereocenters. The molecule has 8 nitrogen and oxygen atoms in total. The molecule has 1 fully saturated rings. The summed E-state index contributed by atoms with van der Waals surface area (Å²) in [6, 6.07) is 12.4. The van der Waals surface area contributed by atoms with E-state index in [2.05, 4.69) is 33.6 Å². The van der Waals surface area contributed by atoms with Crippen LogP contribution in [0.1, 0.15) is 31.7 Å². The zero-order valence-electron chi connectivity index (χ0n) is 18.7. The van der Waals surface area contributed by atoms with Crippen LogP contribution in [0.5, 0.6) is 0 Å². The van der Waals surface area contributed by atoms with Crippen molar-refractivity contribution < 1.29 is 0 Å². The van der Waals surface area contributed by atoms with E-state index < -0.39 is 0 Å². The molecule has 4 aromatic heterocycles. The molecule has 4 heterocycles. The first kappa shape index (κ1) is 19.7. The van der Waals surface area contributed by atoms with Crippen LogP contribution in [0.2, 0.25) is 0 Å². The van der Waals surface area contributed by atoms with E-state index >= 15 is 0 Å². The van der Waals surface area contributed by atoms with Crippen molar-refractivity contribution in [3.8, 4) is 11.1 Å². The first-order chi connectivity index (χ1) is 16.1. The monoisotopic (exact) mass is 439 g/mol. The second-order valence-corrected chi connectivity index (χ2v) is 8.81. The van der Waals surface area contributed by atoms with Crippen LogP contribution in [-0.4, -0.2) is 28.9 Å². The topological polar surface area (TPSA) is 82.6 Å². The summed E-state index contributed by atoms with van der Waals surface area (Å²) in [5.74, 6) is 1.38. The van der Waals surface area contributed by atoms with Crippen molar-refractivity contribution >= 4 is 33.6 Å². The number of anilines is 2. The third-order valence-electron chi connectivity index (χ3n) is 6.66. The lowest BCUT2D eigenvalue weighted by atomic mass is 10.1. The molecule has 0 aliphatic heterocycles. The molecule has 6 rings (SSSR count). The second kappa shape index (κ2) is 7.58. The number of para-hydroxylation sites is 1. The molecule has 8 heteroatoms. The van der Waals surface area contributed by atoms with Crippen molar-refractivity contribution in [2.45, 2.75) is 31.7 Å². The van der Waals surface area contributed by atoms with Crippen LogP contribution in [0.15, 0.2) is 59.8 Å². The number of pyridine rings is 2. The van der Waals surface area contributed by atoms with Gasteiger partial charge in [0.1, 0.15) is 11.6 Å². The third-order valence-corrected chi connectivity index (χ3v) is 6.66. The third kappa shape index (κ3) is 3.29. The van der Waals surface area contributed by atoms with Gasteiger partial charge in [0, 0.05) is 48.9 Å². The van der Waals surface area contributed by atoms with Gasteiger partial charge in [0.25, 0.3) is 0 Å². The van der Waals surface area contributed by atoms with Crippen LogP contribution in [0.3, 0.4) is 0 Å². The van der Waals surface area contributed by atoms with Gasteiger partial charge in [-0.3, -0.25) is 13.8 Å². The molecule has 0 radical (unpaired) electrons. The Balaban J connectivity index is 1.41. The Morgan fingerprint density at radius 3 is 2.64 bits per heavy atom. The zero-order valence-corrected chi connectivity index (χ0v) is 18.7. The summed E-state index contributed by atoms with van der Waals surface area (Å²) in [4.78, 5) is 22.4. The highest BCUT2D eigenvalue weighted by atomic mass is 16.1. The molecule has 0 atom stereocenters. The molecule has 0 amide bonds. The average molecular weight is 440 g/mol. The van der Waals surface area contributed by atoms with Gasteiger partial charge in [0.05, 0.1) is 28.9 Å². The van der Waals surface area contributed by atoms with Gasteiger partial charge < -0.3 is 5.32 Å². The number of imidazole rings is 1. The normalized spacial score (nSPS) is 14.5. The van der Waals surface area contributed by atoms with Gasteiger partial charge in [-0.2, -0.15) is 5.10 Å². The number of nitrogens with zero attached hydrogens (tertiary/aromatic N) is 6. The van der Waals surface area contributed by atoms with E-state index in [1.807, 2.05) is 49.3 Å². The highest BCUT2D eigenvalue weighted by molar-refractivity contribution is 5.94. The lowest BCUT2D eigenvalue weighted by Crippen LogP contribution is -2.24. The molecule has 0 spiro atoms. The van der Waals surface area contributed by atoms with Crippen LogP contribution in [0.4, 0.5) is 11.6 Å². The number of hydrogen-bond acceptors (Lipinski definition) is 5. The van der Waals surface area contributed by atoms with Crippen LogP contribution < -0.4 is 11.0 Å². The van der Waals surface area contributed by atoms with Crippen LogP contribution in [0, 0.1) is 0 Å². The largest absolute Gasteiger partial charge is 0.329 e. The van der Waals surface area contributed by atoms with Crippen molar-refractivity contribution in [3.63, 3.8) is 0 Å². The van der Waals surface area contributed by atoms with E-state index in [9.17, 15) is 4.79 Å².